The first-order valence-corrected chi connectivity index (χ1v) is 5.53. The summed E-state index contributed by atoms with van der Waals surface area (Å²) >= 11 is 0. The molecule has 4 nitrogen and oxygen atoms in total. The molecule has 2 aliphatic rings. The number of morpholine rings is 1. The highest BCUT2D eigenvalue weighted by atomic mass is 16.5. The molecule has 3 N–H and O–H groups in total. The topological polar surface area (TPSA) is 58.7 Å². The van der Waals surface area contributed by atoms with E-state index in [-0.39, 0.29) is 12.6 Å². The van der Waals surface area contributed by atoms with E-state index in [9.17, 15) is 5.11 Å². The molecule has 1 aliphatic carbocycles. The van der Waals surface area contributed by atoms with Crippen LogP contribution in [-0.4, -0.2) is 54.5 Å². The van der Waals surface area contributed by atoms with Crippen molar-refractivity contribution in [1.29, 1.82) is 0 Å². The Morgan fingerprint density at radius 3 is 2.93 bits per heavy atom. The predicted molar refractivity (Wildman–Crippen MR) is 54.0 cm³/mol. The van der Waals surface area contributed by atoms with Gasteiger partial charge in [0.15, 0.2) is 0 Å². The Balaban J connectivity index is 1.99. The van der Waals surface area contributed by atoms with Crippen molar-refractivity contribution in [3.63, 3.8) is 0 Å². The van der Waals surface area contributed by atoms with Gasteiger partial charge in [-0.2, -0.15) is 0 Å². The number of ether oxygens (including phenoxy) is 1. The smallest absolute Gasteiger partial charge is 0.0644 e. The van der Waals surface area contributed by atoms with Crippen molar-refractivity contribution in [3.05, 3.63) is 0 Å². The van der Waals surface area contributed by atoms with Crippen molar-refractivity contribution in [1.82, 2.24) is 4.90 Å². The highest BCUT2D eigenvalue weighted by Gasteiger charge is 2.34. The minimum atomic E-state index is 0.165. The first kappa shape index (κ1) is 10.4. The Bertz CT molecular complexity index is 189. The largest absolute Gasteiger partial charge is 0.395 e. The average Bonchev–Trinajstić information content (AvgIpc) is 2.64. The van der Waals surface area contributed by atoms with Crippen LogP contribution in [-0.2, 0) is 4.74 Å². The van der Waals surface area contributed by atoms with E-state index in [1.807, 2.05) is 0 Å². The second-order valence-electron chi connectivity index (χ2n) is 4.31. The van der Waals surface area contributed by atoms with Crippen molar-refractivity contribution in [3.8, 4) is 0 Å². The van der Waals surface area contributed by atoms with Crippen molar-refractivity contribution in [2.24, 2.45) is 5.73 Å². The predicted octanol–water partition coefficient (Wildman–Crippen LogP) is -0.441. The molecule has 0 aromatic heterocycles. The third kappa shape index (κ3) is 1.93. The molecule has 3 unspecified atom stereocenters. The first-order valence-electron chi connectivity index (χ1n) is 5.53. The number of nitrogens with two attached hydrogens (primary N) is 1. The molecule has 0 radical (unpaired) electrons. The van der Waals surface area contributed by atoms with Gasteiger partial charge in [-0.1, -0.05) is 6.42 Å². The number of aliphatic hydroxyl groups is 1. The molecule has 0 aromatic rings. The number of hydrogen-bond donors (Lipinski definition) is 2. The van der Waals surface area contributed by atoms with Crippen LogP contribution in [0.15, 0.2) is 0 Å². The summed E-state index contributed by atoms with van der Waals surface area (Å²) in [6.07, 6.45) is 3.53. The molecule has 4 heteroatoms. The molecule has 0 spiro atoms. The maximum absolute atomic E-state index is 9.25. The van der Waals surface area contributed by atoms with E-state index in [1.54, 1.807) is 0 Å². The molecule has 2 fully saturated rings. The van der Waals surface area contributed by atoms with Crippen LogP contribution in [0.25, 0.3) is 0 Å². The average molecular weight is 200 g/mol. The summed E-state index contributed by atoms with van der Waals surface area (Å²) in [6.45, 7) is 2.53. The van der Waals surface area contributed by atoms with Crippen molar-refractivity contribution in [2.45, 2.75) is 37.4 Å². The lowest BCUT2D eigenvalue weighted by Gasteiger charge is -2.40. The van der Waals surface area contributed by atoms with Crippen LogP contribution >= 0.6 is 0 Å². The van der Waals surface area contributed by atoms with E-state index in [0.717, 1.165) is 19.6 Å². The first-order chi connectivity index (χ1) is 6.83. The summed E-state index contributed by atoms with van der Waals surface area (Å²) in [5, 5.41) is 9.25. The highest BCUT2D eigenvalue weighted by Crippen LogP contribution is 2.25. The van der Waals surface area contributed by atoms with Gasteiger partial charge in [-0.05, 0) is 12.8 Å². The van der Waals surface area contributed by atoms with Gasteiger partial charge in [-0.25, -0.2) is 0 Å². The van der Waals surface area contributed by atoms with Gasteiger partial charge in [0.25, 0.3) is 0 Å². The van der Waals surface area contributed by atoms with Gasteiger partial charge in [0.1, 0.15) is 0 Å². The van der Waals surface area contributed by atoms with Crippen molar-refractivity contribution in [2.75, 3.05) is 26.4 Å². The number of nitrogens with zero attached hydrogens (tertiary/aromatic N) is 1. The van der Waals surface area contributed by atoms with Gasteiger partial charge >= 0.3 is 0 Å². The fourth-order valence-corrected chi connectivity index (χ4v) is 2.64. The molecule has 1 aliphatic heterocycles. The molecule has 3 atom stereocenters. The van der Waals surface area contributed by atoms with Crippen LogP contribution in [0.2, 0.25) is 0 Å². The zero-order valence-electron chi connectivity index (χ0n) is 8.56. The van der Waals surface area contributed by atoms with E-state index in [0.29, 0.717) is 18.7 Å². The van der Waals surface area contributed by atoms with Gasteiger partial charge in [-0.15, -0.1) is 0 Å². The SMILES string of the molecule is NC1CCCC1N1CCOCC1CO. The van der Waals surface area contributed by atoms with E-state index in [4.69, 9.17) is 10.5 Å². The van der Waals surface area contributed by atoms with E-state index >= 15 is 0 Å². The van der Waals surface area contributed by atoms with Gasteiger partial charge in [0.2, 0.25) is 0 Å². The second kappa shape index (κ2) is 4.57. The van der Waals surface area contributed by atoms with E-state index in [2.05, 4.69) is 4.90 Å². The fraction of sp³-hybridized carbons (Fsp3) is 1.00. The fourth-order valence-electron chi connectivity index (χ4n) is 2.64. The summed E-state index contributed by atoms with van der Waals surface area (Å²) in [5.41, 5.74) is 6.06. The zero-order chi connectivity index (χ0) is 9.97. The molecular weight excluding hydrogens is 180 g/mol. The van der Waals surface area contributed by atoms with Gasteiger partial charge in [0, 0.05) is 18.6 Å². The summed E-state index contributed by atoms with van der Waals surface area (Å²) in [7, 11) is 0. The summed E-state index contributed by atoms with van der Waals surface area (Å²) < 4.78 is 5.36. The monoisotopic (exact) mass is 200 g/mol. The molecule has 1 heterocycles. The molecule has 0 bridgehead atoms. The Kier molecular flexibility index (Phi) is 3.38. The second-order valence-corrected chi connectivity index (χ2v) is 4.31. The standard InChI is InChI=1S/C10H20N2O2/c11-9-2-1-3-10(9)12-4-5-14-7-8(12)6-13/h8-10,13H,1-7,11H2. The molecule has 14 heavy (non-hydrogen) atoms. The summed E-state index contributed by atoms with van der Waals surface area (Å²) in [4.78, 5) is 2.35. The highest BCUT2D eigenvalue weighted by molar-refractivity contribution is 4.92. The molecular formula is C10H20N2O2. The Hall–Kier alpha value is -0.160. The maximum atomic E-state index is 9.25. The number of hydrogen-bond acceptors (Lipinski definition) is 4. The van der Waals surface area contributed by atoms with E-state index in [1.165, 1.54) is 12.8 Å². The molecule has 82 valence electrons. The third-order valence-electron chi connectivity index (χ3n) is 3.44. The molecule has 0 amide bonds. The lowest BCUT2D eigenvalue weighted by Crippen LogP contribution is -2.56. The molecule has 0 aromatic carbocycles. The minimum Gasteiger partial charge on any atom is -0.395 e. The lowest BCUT2D eigenvalue weighted by molar-refractivity contribution is -0.0483. The lowest BCUT2D eigenvalue weighted by atomic mass is 10.1. The molecule has 2 rings (SSSR count). The van der Waals surface area contributed by atoms with E-state index < -0.39 is 0 Å². The summed E-state index contributed by atoms with van der Waals surface area (Å²) in [5.74, 6) is 0. The Morgan fingerprint density at radius 1 is 1.43 bits per heavy atom. The van der Waals surface area contributed by atoms with Crippen molar-refractivity contribution >= 4 is 0 Å². The summed E-state index contributed by atoms with van der Waals surface area (Å²) in [6, 6.07) is 0.927. The quantitative estimate of drug-likeness (QED) is 0.634. The van der Waals surface area contributed by atoms with Crippen LogP contribution in [0.3, 0.4) is 0 Å². The minimum absolute atomic E-state index is 0.165. The number of aliphatic hydroxyl groups excluding tert-OH is 1. The van der Waals surface area contributed by atoms with Gasteiger partial charge < -0.3 is 15.6 Å². The van der Waals surface area contributed by atoms with Gasteiger partial charge in [-0.3, -0.25) is 4.90 Å². The Labute approximate surface area is 85.0 Å². The third-order valence-corrected chi connectivity index (χ3v) is 3.44. The van der Waals surface area contributed by atoms with Crippen LogP contribution in [0, 0.1) is 0 Å². The molecule has 1 saturated heterocycles. The van der Waals surface area contributed by atoms with Crippen LogP contribution < -0.4 is 5.73 Å². The van der Waals surface area contributed by atoms with Crippen LogP contribution in [0.1, 0.15) is 19.3 Å². The maximum Gasteiger partial charge on any atom is 0.0644 e. The van der Waals surface area contributed by atoms with Crippen molar-refractivity contribution < 1.29 is 9.84 Å². The zero-order valence-corrected chi connectivity index (χ0v) is 8.56. The van der Waals surface area contributed by atoms with Gasteiger partial charge in [0.05, 0.1) is 25.9 Å². The normalized spacial score (nSPS) is 40.3. The van der Waals surface area contributed by atoms with Crippen LogP contribution in [0.4, 0.5) is 0 Å². The molecule has 1 saturated carbocycles. The van der Waals surface area contributed by atoms with Crippen LogP contribution in [0.5, 0.6) is 0 Å². The Morgan fingerprint density at radius 2 is 2.29 bits per heavy atom. The number of rotatable bonds is 2.